The number of benzene rings is 1. The minimum absolute atomic E-state index is 0.0354. The lowest BCUT2D eigenvalue weighted by Gasteiger charge is -2.16. The zero-order chi connectivity index (χ0) is 18.3. The van der Waals surface area contributed by atoms with E-state index in [0.717, 1.165) is 12.8 Å². The molecule has 0 fully saturated rings. The molecule has 2 N–H and O–H groups in total. The second kappa shape index (κ2) is 13.6. The van der Waals surface area contributed by atoms with Crippen LogP contribution in [-0.4, -0.2) is 10.2 Å². The Labute approximate surface area is 154 Å². The summed E-state index contributed by atoms with van der Waals surface area (Å²) in [4.78, 5) is 0. The molecule has 0 heterocycles. The zero-order valence-corrected chi connectivity index (χ0v) is 15.9. The smallest absolute Gasteiger partial charge is 0.123 e. The highest BCUT2D eigenvalue weighted by molar-refractivity contribution is 5.47. The van der Waals surface area contributed by atoms with Gasteiger partial charge in [-0.1, -0.05) is 102 Å². The molecule has 1 rings (SSSR count). The molecule has 2 heteroatoms. The van der Waals surface area contributed by atoms with E-state index in [-0.39, 0.29) is 17.4 Å². The van der Waals surface area contributed by atoms with E-state index in [1.165, 1.54) is 57.8 Å². The average molecular weight is 345 g/mol. The Balaban J connectivity index is 2.33. The summed E-state index contributed by atoms with van der Waals surface area (Å²) in [6, 6.07) is 4.95. The number of phenolic OH excluding ortho intramolecular Hbond substituents is 2. The lowest BCUT2D eigenvalue weighted by atomic mass is 9.91. The summed E-state index contributed by atoms with van der Waals surface area (Å²) in [6.07, 6.45) is 19.7. The Bertz CT molecular complexity index is 485. The predicted octanol–water partition coefficient (Wildman–Crippen LogP) is 7.23. The SMILES string of the molecule is C=CC=CC(CCCCCCCCCCCC)c1c(O)cccc1O. The largest absolute Gasteiger partial charge is 0.508 e. The van der Waals surface area contributed by atoms with Crippen molar-refractivity contribution in [3.8, 4) is 11.5 Å². The first-order valence-electron chi connectivity index (χ1n) is 10.0. The lowest BCUT2D eigenvalue weighted by molar-refractivity contribution is 0.429. The van der Waals surface area contributed by atoms with Gasteiger partial charge in [-0.3, -0.25) is 0 Å². The van der Waals surface area contributed by atoms with E-state index in [4.69, 9.17) is 0 Å². The number of unbranched alkanes of at least 4 members (excludes halogenated alkanes) is 9. The summed E-state index contributed by atoms with van der Waals surface area (Å²) < 4.78 is 0. The van der Waals surface area contributed by atoms with Gasteiger partial charge in [0.2, 0.25) is 0 Å². The molecule has 2 nitrogen and oxygen atoms in total. The van der Waals surface area contributed by atoms with Crippen molar-refractivity contribution in [2.45, 2.75) is 83.5 Å². The van der Waals surface area contributed by atoms with Crippen molar-refractivity contribution in [2.75, 3.05) is 0 Å². The van der Waals surface area contributed by atoms with E-state index in [9.17, 15) is 10.2 Å². The molecule has 1 unspecified atom stereocenters. The summed E-state index contributed by atoms with van der Waals surface area (Å²) >= 11 is 0. The molecule has 1 aromatic rings. The first-order valence-corrected chi connectivity index (χ1v) is 10.0. The topological polar surface area (TPSA) is 40.5 Å². The van der Waals surface area contributed by atoms with Crippen LogP contribution in [0, 0.1) is 0 Å². The number of rotatable bonds is 14. The van der Waals surface area contributed by atoms with Gasteiger partial charge in [-0.05, 0) is 18.6 Å². The van der Waals surface area contributed by atoms with Gasteiger partial charge in [0.25, 0.3) is 0 Å². The number of phenols is 2. The summed E-state index contributed by atoms with van der Waals surface area (Å²) in [6.45, 7) is 5.97. The molecule has 0 aliphatic carbocycles. The Morgan fingerprint density at radius 3 is 1.92 bits per heavy atom. The van der Waals surface area contributed by atoms with Gasteiger partial charge in [0.1, 0.15) is 11.5 Å². The molecular formula is C23H36O2. The fraction of sp³-hybridized carbons (Fsp3) is 0.565. The van der Waals surface area contributed by atoms with E-state index in [0.29, 0.717) is 5.56 Å². The van der Waals surface area contributed by atoms with Crippen molar-refractivity contribution in [3.05, 3.63) is 48.6 Å². The third kappa shape index (κ3) is 8.81. The second-order valence-electron chi connectivity index (χ2n) is 6.91. The van der Waals surface area contributed by atoms with Crippen molar-refractivity contribution in [2.24, 2.45) is 0 Å². The third-order valence-electron chi connectivity index (χ3n) is 4.78. The monoisotopic (exact) mass is 344 g/mol. The first-order chi connectivity index (χ1) is 12.2. The van der Waals surface area contributed by atoms with E-state index >= 15 is 0 Å². The minimum atomic E-state index is 0.0354. The molecule has 0 aliphatic rings. The van der Waals surface area contributed by atoms with E-state index in [2.05, 4.69) is 13.5 Å². The maximum atomic E-state index is 10.1. The van der Waals surface area contributed by atoms with Crippen molar-refractivity contribution in [1.29, 1.82) is 0 Å². The number of allylic oxidation sites excluding steroid dienone is 3. The average Bonchev–Trinajstić information content (AvgIpc) is 2.60. The lowest BCUT2D eigenvalue weighted by Crippen LogP contribution is -1.97. The highest BCUT2D eigenvalue weighted by Crippen LogP contribution is 2.37. The van der Waals surface area contributed by atoms with Gasteiger partial charge in [-0.2, -0.15) is 0 Å². The fourth-order valence-corrected chi connectivity index (χ4v) is 3.32. The zero-order valence-electron chi connectivity index (χ0n) is 15.9. The Kier molecular flexibility index (Phi) is 11.6. The van der Waals surface area contributed by atoms with E-state index < -0.39 is 0 Å². The van der Waals surface area contributed by atoms with Gasteiger partial charge in [-0.25, -0.2) is 0 Å². The molecule has 1 aromatic carbocycles. The Morgan fingerprint density at radius 2 is 1.40 bits per heavy atom. The van der Waals surface area contributed by atoms with Gasteiger partial charge in [0.05, 0.1) is 0 Å². The highest BCUT2D eigenvalue weighted by atomic mass is 16.3. The molecule has 0 amide bonds. The number of aromatic hydroxyl groups is 2. The molecule has 0 aliphatic heterocycles. The number of hydrogen-bond acceptors (Lipinski definition) is 2. The molecule has 140 valence electrons. The van der Waals surface area contributed by atoms with Crippen LogP contribution in [0.4, 0.5) is 0 Å². The van der Waals surface area contributed by atoms with Gasteiger partial charge in [0, 0.05) is 11.5 Å². The standard InChI is InChI=1S/C23H36O2/c1-3-5-7-8-9-10-11-12-13-14-17-20(16-6-4-2)23-21(24)18-15-19-22(23)25/h4,6,15-16,18-20,24-25H,2-3,5,7-14,17H2,1H3. The Hall–Kier alpha value is -1.70. The maximum Gasteiger partial charge on any atom is 0.123 e. The van der Waals surface area contributed by atoms with Crippen LogP contribution >= 0.6 is 0 Å². The molecule has 0 bridgehead atoms. The van der Waals surface area contributed by atoms with Crippen molar-refractivity contribution >= 4 is 0 Å². The van der Waals surface area contributed by atoms with Crippen molar-refractivity contribution in [1.82, 2.24) is 0 Å². The quantitative estimate of drug-likeness (QED) is 0.276. The van der Waals surface area contributed by atoms with E-state index in [1.807, 2.05) is 12.2 Å². The van der Waals surface area contributed by atoms with Crippen LogP contribution in [0.1, 0.15) is 89.0 Å². The van der Waals surface area contributed by atoms with Crippen LogP contribution in [-0.2, 0) is 0 Å². The number of hydrogen-bond donors (Lipinski definition) is 2. The predicted molar refractivity (Wildman–Crippen MR) is 108 cm³/mol. The van der Waals surface area contributed by atoms with Crippen LogP contribution in [0.2, 0.25) is 0 Å². The van der Waals surface area contributed by atoms with Gasteiger partial charge in [0.15, 0.2) is 0 Å². The van der Waals surface area contributed by atoms with Crippen LogP contribution in [0.25, 0.3) is 0 Å². The maximum absolute atomic E-state index is 10.1. The summed E-state index contributed by atoms with van der Waals surface area (Å²) in [5.74, 6) is 0.379. The molecule has 0 saturated heterocycles. The second-order valence-corrected chi connectivity index (χ2v) is 6.91. The fourth-order valence-electron chi connectivity index (χ4n) is 3.32. The Morgan fingerprint density at radius 1 is 0.880 bits per heavy atom. The van der Waals surface area contributed by atoms with Crippen molar-refractivity contribution < 1.29 is 10.2 Å². The van der Waals surface area contributed by atoms with Crippen LogP contribution < -0.4 is 0 Å². The molecule has 0 aromatic heterocycles. The van der Waals surface area contributed by atoms with Crippen molar-refractivity contribution in [3.63, 3.8) is 0 Å². The van der Waals surface area contributed by atoms with Crippen LogP contribution in [0.5, 0.6) is 11.5 Å². The third-order valence-corrected chi connectivity index (χ3v) is 4.78. The normalized spacial score (nSPS) is 12.5. The molecule has 25 heavy (non-hydrogen) atoms. The summed E-state index contributed by atoms with van der Waals surface area (Å²) in [7, 11) is 0. The van der Waals surface area contributed by atoms with Crippen LogP contribution in [0.3, 0.4) is 0 Å². The van der Waals surface area contributed by atoms with Crippen LogP contribution in [0.15, 0.2) is 43.0 Å². The minimum Gasteiger partial charge on any atom is -0.508 e. The highest BCUT2D eigenvalue weighted by Gasteiger charge is 2.16. The van der Waals surface area contributed by atoms with Gasteiger partial charge < -0.3 is 10.2 Å². The van der Waals surface area contributed by atoms with Gasteiger partial charge >= 0.3 is 0 Å². The van der Waals surface area contributed by atoms with Gasteiger partial charge in [-0.15, -0.1) is 0 Å². The van der Waals surface area contributed by atoms with E-state index in [1.54, 1.807) is 24.3 Å². The molecular weight excluding hydrogens is 308 g/mol. The molecule has 0 saturated carbocycles. The molecule has 1 atom stereocenters. The molecule has 0 radical (unpaired) electrons. The summed E-state index contributed by atoms with van der Waals surface area (Å²) in [5, 5.41) is 20.2. The summed E-state index contributed by atoms with van der Waals surface area (Å²) in [5.41, 5.74) is 0.636. The molecule has 0 spiro atoms. The first kappa shape index (κ1) is 21.3.